The Morgan fingerprint density at radius 2 is 1.44 bits per heavy atom. The summed E-state index contributed by atoms with van der Waals surface area (Å²) in [6, 6.07) is 33.0. The molecule has 1 aromatic heterocycles. The molecule has 11 nitrogen and oxygen atoms in total. The largest absolute Gasteiger partial charge is 0.354 e. The predicted molar refractivity (Wildman–Crippen MR) is 215 cm³/mol. The summed E-state index contributed by atoms with van der Waals surface area (Å²) in [5.74, 6) is 0.0578. The van der Waals surface area contributed by atoms with Crippen LogP contribution in [0.2, 0.25) is 0 Å². The molecule has 0 spiro atoms. The SMILES string of the molecule is CC(=O)N[C@@H](C(=O)N1CCCC1C(=O)Nc1ccc(-c2ccc(-c3cnc(CCCCNC(=O)C(c4ccccc4)N(C)C)[nH]3)cc2)cc1)c1ccccc1. The Hall–Kier alpha value is -6.07. The molecule has 0 aliphatic carbocycles. The van der Waals surface area contributed by atoms with E-state index in [2.05, 4.69) is 50.2 Å². The number of amides is 4. The highest BCUT2D eigenvalue weighted by Gasteiger charge is 2.38. The first kappa shape index (κ1) is 38.6. The van der Waals surface area contributed by atoms with Gasteiger partial charge in [0.15, 0.2) is 0 Å². The second-order valence-electron chi connectivity index (χ2n) is 14.1. The van der Waals surface area contributed by atoms with Crippen LogP contribution >= 0.6 is 0 Å². The number of unbranched alkanes of at least 4 members (excludes halogenated alkanes) is 1. The Labute approximate surface area is 322 Å². The first-order valence-electron chi connectivity index (χ1n) is 18.8. The predicted octanol–water partition coefficient (Wildman–Crippen LogP) is 6.29. The van der Waals surface area contributed by atoms with Gasteiger partial charge in [0, 0.05) is 32.1 Å². The molecule has 1 aliphatic heterocycles. The van der Waals surface area contributed by atoms with Gasteiger partial charge in [0.05, 0.1) is 11.9 Å². The molecule has 1 aliphatic rings. The van der Waals surface area contributed by atoms with Gasteiger partial charge in [-0.25, -0.2) is 4.98 Å². The second-order valence-corrected chi connectivity index (χ2v) is 14.1. The van der Waals surface area contributed by atoms with E-state index >= 15 is 0 Å². The number of carbonyl (C=O) groups excluding carboxylic acids is 4. The van der Waals surface area contributed by atoms with E-state index < -0.39 is 12.1 Å². The fourth-order valence-electron chi connectivity index (χ4n) is 7.10. The molecule has 4 N–H and O–H groups in total. The standard InChI is InChI=1S/C44H49N7O4/c1-30(52)47-40(34-13-6-4-7-14-34)44(55)51-28-12-17-38(51)42(53)48-36-25-23-32(24-26-36)31-19-21-33(22-20-31)37-29-46-39(49-37)18-10-11-27-45-43(54)41(50(2)3)35-15-8-5-9-16-35/h4-9,13-16,19-26,29,38,40-41H,10-12,17-18,27-28H2,1-3H3,(H,45,54)(H,46,49)(H,47,52)(H,48,53)/t38?,40-,41?/m1/s1. The molecule has 2 unspecified atom stereocenters. The van der Waals surface area contributed by atoms with Crippen LogP contribution in [0.1, 0.15) is 61.6 Å². The minimum atomic E-state index is -0.854. The van der Waals surface area contributed by atoms with Gasteiger partial charge in [-0.15, -0.1) is 0 Å². The number of hydrogen-bond acceptors (Lipinski definition) is 6. The number of likely N-dealkylation sites (tertiary alicyclic amines) is 1. The summed E-state index contributed by atoms with van der Waals surface area (Å²) in [4.78, 5) is 63.4. The van der Waals surface area contributed by atoms with Gasteiger partial charge >= 0.3 is 0 Å². The number of rotatable bonds is 15. The Kier molecular flexibility index (Phi) is 12.9. The van der Waals surface area contributed by atoms with Gasteiger partial charge in [-0.1, -0.05) is 97.1 Å². The molecule has 1 saturated heterocycles. The van der Waals surface area contributed by atoms with E-state index in [-0.39, 0.29) is 29.7 Å². The van der Waals surface area contributed by atoms with Gasteiger partial charge in [0.1, 0.15) is 23.9 Å². The second kappa shape index (κ2) is 18.3. The fraction of sp³-hybridized carbons (Fsp3) is 0.295. The molecule has 284 valence electrons. The highest BCUT2D eigenvalue weighted by Crippen LogP contribution is 2.28. The summed E-state index contributed by atoms with van der Waals surface area (Å²) in [5.41, 5.74) is 6.29. The molecular weight excluding hydrogens is 691 g/mol. The van der Waals surface area contributed by atoms with Crippen molar-refractivity contribution >= 4 is 29.3 Å². The van der Waals surface area contributed by atoms with Crippen molar-refractivity contribution in [3.63, 3.8) is 0 Å². The maximum absolute atomic E-state index is 13.6. The van der Waals surface area contributed by atoms with Crippen molar-refractivity contribution in [2.45, 2.75) is 57.2 Å². The van der Waals surface area contributed by atoms with E-state index in [1.54, 1.807) is 17.0 Å². The lowest BCUT2D eigenvalue weighted by Gasteiger charge is -2.28. The number of aryl methyl sites for hydroxylation is 1. The van der Waals surface area contributed by atoms with Crippen molar-refractivity contribution in [1.82, 2.24) is 30.4 Å². The monoisotopic (exact) mass is 739 g/mol. The lowest BCUT2D eigenvalue weighted by Crippen LogP contribution is -2.48. The topological polar surface area (TPSA) is 140 Å². The Morgan fingerprint density at radius 3 is 2.07 bits per heavy atom. The number of nitrogens with zero attached hydrogens (tertiary/aromatic N) is 3. The van der Waals surface area contributed by atoms with Crippen LogP contribution in [-0.2, 0) is 25.6 Å². The van der Waals surface area contributed by atoms with Crippen molar-refractivity contribution in [3.05, 3.63) is 132 Å². The van der Waals surface area contributed by atoms with Crippen LogP contribution in [0.15, 0.2) is 115 Å². The lowest BCUT2D eigenvalue weighted by atomic mass is 10.0. The molecule has 2 heterocycles. The summed E-state index contributed by atoms with van der Waals surface area (Å²) in [6.45, 7) is 2.44. The van der Waals surface area contributed by atoms with E-state index in [0.29, 0.717) is 37.2 Å². The summed E-state index contributed by atoms with van der Waals surface area (Å²) in [5, 5.41) is 8.84. The van der Waals surface area contributed by atoms with Gasteiger partial charge in [-0.2, -0.15) is 0 Å². The highest BCUT2D eigenvalue weighted by atomic mass is 16.2. The Morgan fingerprint density at radius 1 is 0.818 bits per heavy atom. The third-order valence-electron chi connectivity index (χ3n) is 9.90. The third-order valence-corrected chi connectivity index (χ3v) is 9.90. The molecular formula is C44H49N7O4. The maximum Gasteiger partial charge on any atom is 0.250 e. The van der Waals surface area contributed by atoms with Gasteiger partial charge in [-0.3, -0.25) is 24.1 Å². The number of nitrogens with one attached hydrogen (secondary N) is 4. The number of likely N-dealkylation sites (N-methyl/N-ethyl adjacent to an activating group) is 1. The molecule has 4 amide bonds. The fourth-order valence-corrected chi connectivity index (χ4v) is 7.10. The van der Waals surface area contributed by atoms with Crippen LogP contribution < -0.4 is 16.0 Å². The molecule has 11 heteroatoms. The van der Waals surface area contributed by atoms with Crippen LogP contribution in [0.25, 0.3) is 22.4 Å². The minimum Gasteiger partial charge on any atom is -0.354 e. The first-order chi connectivity index (χ1) is 26.7. The zero-order valence-electron chi connectivity index (χ0n) is 31.6. The summed E-state index contributed by atoms with van der Waals surface area (Å²) in [7, 11) is 3.83. The number of H-pyrrole nitrogens is 1. The van der Waals surface area contributed by atoms with Gasteiger partial charge in [-0.05, 0) is 79.7 Å². The first-order valence-corrected chi connectivity index (χ1v) is 18.8. The van der Waals surface area contributed by atoms with Crippen molar-refractivity contribution < 1.29 is 19.2 Å². The molecule has 5 aromatic rings. The molecule has 0 bridgehead atoms. The van der Waals surface area contributed by atoms with Gasteiger partial charge < -0.3 is 25.8 Å². The number of carbonyl (C=O) groups is 4. The smallest absolute Gasteiger partial charge is 0.250 e. The molecule has 6 rings (SSSR count). The zero-order valence-corrected chi connectivity index (χ0v) is 31.6. The molecule has 0 saturated carbocycles. The normalized spacial score (nSPS) is 15.0. The summed E-state index contributed by atoms with van der Waals surface area (Å²) in [6.07, 6.45) is 5.63. The number of imidazole rings is 1. The summed E-state index contributed by atoms with van der Waals surface area (Å²) < 4.78 is 0. The average Bonchev–Trinajstić information content (AvgIpc) is 3.89. The zero-order chi connectivity index (χ0) is 38.7. The minimum absolute atomic E-state index is 0.00204. The van der Waals surface area contributed by atoms with Gasteiger partial charge in [0.25, 0.3) is 0 Å². The summed E-state index contributed by atoms with van der Waals surface area (Å²) >= 11 is 0. The number of hydrogen-bond donors (Lipinski definition) is 4. The van der Waals surface area contributed by atoms with Crippen LogP contribution in [0.4, 0.5) is 5.69 Å². The number of aromatic nitrogens is 2. The van der Waals surface area contributed by atoms with E-state index in [1.807, 2.05) is 98.0 Å². The quantitative estimate of drug-likeness (QED) is 0.0932. The highest BCUT2D eigenvalue weighted by molar-refractivity contribution is 5.99. The number of aromatic amines is 1. The van der Waals surface area contributed by atoms with Gasteiger partial charge in [0.2, 0.25) is 23.6 Å². The van der Waals surface area contributed by atoms with E-state index in [1.165, 1.54) is 6.92 Å². The molecule has 4 aromatic carbocycles. The molecule has 3 atom stereocenters. The number of anilines is 1. The maximum atomic E-state index is 13.6. The average molecular weight is 740 g/mol. The van der Waals surface area contributed by atoms with Crippen molar-refractivity contribution in [2.24, 2.45) is 0 Å². The number of benzene rings is 4. The lowest BCUT2D eigenvalue weighted by molar-refractivity contribution is -0.140. The van der Waals surface area contributed by atoms with E-state index in [9.17, 15) is 19.2 Å². The molecule has 55 heavy (non-hydrogen) atoms. The van der Waals surface area contributed by atoms with Crippen LogP contribution in [0.3, 0.4) is 0 Å². The van der Waals surface area contributed by atoms with E-state index in [4.69, 9.17) is 0 Å². The Bertz CT molecular complexity index is 2050. The van der Waals surface area contributed by atoms with Crippen molar-refractivity contribution in [3.8, 4) is 22.4 Å². The molecule has 0 radical (unpaired) electrons. The molecule has 1 fully saturated rings. The third kappa shape index (κ3) is 9.93. The van der Waals surface area contributed by atoms with Crippen LogP contribution in [-0.4, -0.2) is 76.6 Å². The van der Waals surface area contributed by atoms with Crippen LogP contribution in [0.5, 0.6) is 0 Å². The Balaban J connectivity index is 0.982. The van der Waals surface area contributed by atoms with Crippen molar-refractivity contribution in [1.29, 1.82) is 0 Å². The van der Waals surface area contributed by atoms with Crippen molar-refractivity contribution in [2.75, 3.05) is 32.5 Å². The van der Waals surface area contributed by atoms with Crippen LogP contribution in [0, 0.1) is 0 Å². The van der Waals surface area contributed by atoms with E-state index in [0.717, 1.165) is 53.0 Å².